The minimum absolute atomic E-state index is 0.00208. The van der Waals surface area contributed by atoms with Gasteiger partial charge in [0.2, 0.25) is 0 Å². The maximum atomic E-state index is 12.6. The number of ether oxygens (including phenoxy) is 1. The highest BCUT2D eigenvalue weighted by Gasteiger charge is 2.35. The van der Waals surface area contributed by atoms with Crippen molar-refractivity contribution in [1.29, 1.82) is 0 Å². The van der Waals surface area contributed by atoms with Crippen molar-refractivity contribution < 1.29 is 14.6 Å². The third-order valence-electron chi connectivity index (χ3n) is 4.47. The summed E-state index contributed by atoms with van der Waals surface area (Å²) in [6.45, 7) is 2.63. The standard InChI is InChI=1S/C17H25NO3/c1-13-7-9-17(12-19,10-8-13)18-16(20)15-6-4-3-5-14(15)11-21-2/h3-6,13,19H,7-12H2,1-2H3,(H,18,20). The number of benzene rings is 1. The second-order valence-corrected chi connectivity index (χ2v) is 6.17. The molecule has 21 heavy (non-hydrogen) atoms. The van der Waals surface area contributed by atoms with Crippen LogP contribution >= 0.6 is 0 Å². The first-order chi connectivity index (χ1) is 10.1. The maximum absolute atomic E-state index is 12.6. The smallest absolute Gasteiger partial charge is 0.252 e. The van der Waals surface area contributed by atoms with Crippen LogP contribution in [-0.4, -0.2) is 30.3 Å². The van der Waals surface area contributed by atoms with E-state index in [0.29, 0.717) is 18.1 Å². The fraction of sp³-hybridized carbons (Fsp3) is 0.588. The molecule has 116 valence electrons. The largest absolute Gasteiger partial charge is 0.394 e. The Kier molecular flexibility index (Phi) is 5.37. The van der Waals surface area contributed by atoms with Gasteiger partial charge in [0, 0.05) is 12.7 Å². The molecule has 1 saturated carbocycles. The molecule has 1 aliphatic rings. The number of aliphatic hydroxyl groups is 1. The van der Waals surface area contributed by atoms with Crippen LogP contribution in [0.3, 0.4) is 0 Å². The second kappa shape index (κ2) is 7.05. The van der Waals surface area contributed by atoms with E-state index in [2.05, 4.69) is 12.2 Å². The number of carbonyl (C=O) groups is 1. The molecule has 4 nitrogen and oxygen atoms in total. The summed E-state index contributed by atoms with van der Waals surface area (Å²) < 4.78 is 5.14. The van der Waals surface area contributed by atoms with Gasteiger partial charge in [-0.15, -0.1) is 0 Å². The van der Waals surface area contributed by atoms with Gasteiger partial charge in [-0.3, -0.25) is 4.79 Å². The van der Waals surface area contributed by atoms with Crippen molar-refractivity contribution in [3.8, 4) is 0 Å². The summed E-state index contributed by atoms with van der Waals surface area (Å²) in [6, 6.07) is 7.45. The number of carbonyl (C=O) groups excluding carboxylic acids is 1. The Morgan fingerprint density at radius 3 is 2.67 bits per heavy atom. The first-order valence-electron chi connectivity index (χ1n) is 7.60. The monoisotopic (exact) mass is 291 g/mol. The molecule has 1 amide bonds. The molecule has 1 fully saturated rings. The SMILES string of the molecule is COCc1ccccc1C(=O)NC1(CO)CCC(C)CC1. The molecule has 0 atom stereocenters. The van der Waals surface area contributed by atoms with E-state index in [1.807, 2.05) is 18.2 Å². The molecular weight excluding hydrogens is 266 g/mol. The predicted octanol–water partition coefficient (Wildman–Crippen LogP) is 2.50. The van der Waals surface area contributed by atoms with Crippen LogP contribution in [0.15, 0.2) is 24.3 Å². The molecule has 2 rings (SSSR count). The lowest BCUT2D eigenvalue weighted by Gasteiger charge is -2.38. The predicted molar refractivity (Wildman–Crippen MR) is 82.1 cm³/mol. The molecule has 0 heterocycles. The molecule has 0 saturated heterocycles. The van der Waals surface area contributed by atoms with Gasteiger partial charge >= 0.3 is 0 Å². The van der Waals surface area contributed by atoms with Gasteiger partial charge in [-0.1, -0.05) is 25.1 Å². The minimum atomic E-state index is -0.468. The van der Waals surface area contributed by atoms with Crippen LogP contribution in [0.2, 0.25) is 0 Å². The van der Waals surface area contributed by atoms with E-state index in [0.717, 1.165) is 31.2 Å². The average molecular weight is 291 g/mol. The van der Waals surface area contributed by atoms with Gasteiger partial charge in [0.15, 0.2) is 0 Å². The molecule has 0 radical (unpaired) electrons. The molecule has 1 aromatic rings. The van der Waals surface area contributed by atoms with Gasteiger partial charge in [0.05, 0.1) is 18.8 Å². The highest BCUT2D eigenvalue weighted by molar-refractivity contribution is 5.96. The van der Waals surface area contributed by atoms with Crippen molar-refractivity contribution in [3.05, 3.63) is 35.4 Å². The third-order valence-corrected chi connectivity index (χ3v) is 4.47. The number of amides is 1. The third kappa shape index (κ3) is 3.83. The highest BCUT2D eigenvalue weighted by Crippen LogP contribution is 2.32. The zero-order chi connectivity index (χ0) is 15.3. The van der Waals surface area contributed by atoms with Gasteiger partial charge in [-0.25, -0.2) is 0 Å². The zero-order valence-corrected chi connectivity index (χ0v) is 12.9. The van der Waals surface area contributed by atoms with Crippen molar-refractivity contribution in [2.24, 2.45) is 5.92 Å². The lowest BCUT2D eigenvalue weighted by molar-refractivity contribution is 0.0713. The fourth-order valence-corrected chi connectivity index (χ4v) is 2.97. The average Bonchev–Trinajstić information content (AvgIpc) is 2.51. The summed E-state index contributed by atoms with van der Waals surface area (Å²) in [5.41, 5.74) is 1.03. The maximum Gasteiger partial charge on any atom is 0.252 e. The van der Waals surface area contributed by atoms with Crippen LogP contribution in [0, 0.1) is 5.92 Å². The summed E-state index contributed by atoms with van der Waals surface area (Å²) in [6.07, 6.45) is 3.76. The molecule has 2 N–H and O–H groups in total. The summed E-state index contributed by atoms with van der Waals surface area (Å²) in [5.74, 6) is 0.550. The molecule has 0 aliphatic heterocycles. The van der Waals surface area contributed by atoms with Crippen LogP contribution in [0.1, 0.15) is 48.5 Å². The topological polar surface area (TPSA) is 58.6 Å². The minimum Gasteiger partial charge on any atom is -0.394 e. The van der Waals surface area contributed by atoms with Gasteiger partial charge in [-0.2, -0.15) is 0 Å². The van der Waals surface area contributed by atoms with Crippen LogP contribution in [0.25, 0.3) is 0 Å². The molecule has 0 bridgehead atoms. The Morgan fingerprint density at radius 2 is 2.05 bits per heavy atom. The van der Waals surface area contributed by atoms with E-state index in [1.165, 1.54) is 0 Å². The number of hydrogen-bond donors (Lipinski definition) is 2. The number of hydrogen-bond acceptors (Lipinski definition) is 3. The molecule has 1 aliphatic carbocycles. The lowest BCUT2D eigenvalue weighted by Crippen LogP contribution is -2.53. The number of aliphatic hydroxyl groups excluding tert-OH is 1. The van der Waals surface area contributed by atoms with Crippen LogP contribution in [0.5, 0.6) is 0 Å². The molecule has 0 unspecified atom stereocenters. The van der Waals surface area contributed by atoms with Crippen molar-refractivity contribution >= 4 is 5.91 Å². The number of rotatable bonds is 5. The van der Waals surface area contributed by atoms with Crippen molar-refractivity contribution in [2.75, 3.05) is 13.7 Å². The number of methoxy groups -OCH3 is 1. The summed E-state index contributed by atoms with van der Waals surface area (Å²) >= 11 is 0. The molecular formula is C17H25NO3. The summed E-state index contributed by atoms with van der Waals surface area (Å²) in [7, 11) is 1.62. The van der Waals surface area contributed by atoms with Crippen molar-refractivity contribution in [2.45, 2.75) is 44.8 Å². The Labute approximate surface area is 126 Å². The van der Waals surface area contributed by atoms with Crippen LogP contribution in [0.4, 0.5) is 0 Å². The van der Waals surface area contributed by atoms with E-state index in [9.17, 15) is 9.90 Å². The van der Waals surface area contributed by atoms with Crippen LogP contribution < -0.4 is 5.32 Å². The van der Waals surface area contributed by atoms with E-state index >= 15 is 0 Å². The first-order valence-corrected chi connectivity index (χ1v) is 7.60. The molecule has 0 spiro atoms. The molecule has 4 heteroatoms. The summed E-state index contributed by atoms with van der Waals surface area (Å²) in [5, 5.41) is 12.8. The van der Waals surface area contributed by atoms with E-state index < -0.39 is 5.54 Å². The van der Waals surface area contributed by atoms with Gasteiger partial charge in [0.1, 0.15) is 0 Å². The Morgan fingerprint density at radius 1 is 1.38 bits per heavy atom. The van der Waals surface area contributed by atoms with Crippen molar-refractivity contribution in [3.63, 3.8) is 0 Å². The fourth-order valence-electron chi connectivity index (χ4n) is 2.97. The first kappa shape index (κ1) is 16.0. The van der Waals surface area contributed by atoms with Crippen molar-refractivity contribution in [1.82, 2.24) is 5.32 Å². The van der Waals surface area contributed by atoms with Gasteiger partial charge < -0.3 is 15.2 Å². The second-order valence-electron chi connectivity index (χ2n) is 6.17. The van der Waals surface area contributed by atoms with E-state index in [1.54, 1.807) is 13.2 Å². The quantitative estimate of drug-likeness (QED) is 0.876. The number of nitrogens with one attached hydrogen (secondary N) is 1. The lowest BCUT2D eigenvalue weighted by atomic mass is 9.77. The van der Waals surface area contributed by atoms with E-state index in [-0.39, 0.29) is 12.5 Å². The van der Waals surface area contributed by atoms with Gasteiger partial charge in [0.25, 0.3) is 5.91 Å². The zero-order valence-electron chi connectivity index (χ0n) is 12.9. The Bertz CT molecular complexity index is 479. The summed E-state index contributed by atoms with van der Waals surface area (Å²) in [4.78, 5) is 12.6. The Balaban J connectivity index is 2.13. The van der Waals surface area contributed by atoms with Gasteiger partial charge in [-0.05, 0) is 43.2 Å². The highest BCUT2D eigenvalue weighted by atomic mass is 16.5. The van der Waals surface area contributed by atoms with E-state index in [4.69, 9.17) is 4.74 Å². The van der Waals surface area contributed by atoms with Crippen LogP contribution in [-0.2, 0) is 11.3 Å². The molecule has 1 aromatic carbocycles. The normalized spacial score (nSPS) is 25.6. The Hall–Kier alpha value is -1.39. The molecule has 0 aromatic heterocycles.